The van der Waals surface area contributed by atoms with Crippen LogP contribution < -0.4 is 0 Å². The van der Waals surface area contributed by atoms with Crippen LogP contribution >= 0.6 is 0 Å². The van der Waals surface area contributed by atoms with Crippen molar-refractivity contribution in [2.24, 2.45) is 26.8 Å². The highest BCUT2D eigenvalue weighted by molar-refractivity contribution is 6.04. The molecule has 2 aromatic rings. The van der Waals surface area contributed by atoms with Gasteiger partial charge in [-0.25, -0.2) is 4.79 Å². The van der Waals surface area contributed by atoms with E-state index in [0.717, 1.165) is 41.9 Å². The van der Waals surface area contributed by atoms with Crippen LogP contribution in [0.2, 0.25) is 0 Å². The van der Waals surface area contributed by atoms with Crippen LogP contribution in [-0.4, -0.2) is 22.0 Å². The monoisotopic (exact) mass is 474 g/mol. The van der Waals surface area contributed by atoms with Crippen LogP contribution in [0.25, 0.3) is 5.69 Å². The van der Waals surface area contributed by atoms with Gasteiger partial charge in [0.25, 0.3) is 0 Å². The molecule has 186 valence electrons. The first-order valence-corrected chi connectivity index (χ1v) is 12.8. The molecule has 5 heteroatoms. The molecular formula is C30H38N2O3. The number of hydrogen-bond acceptors (Lipinski definition) is 4. The van der Waals surface area contributed by atoms with E-state index in [0.29, 0.717) is 6.42 Å². The molecule has 35 heavy (non-hydrogen) atoms. The van der Waals surface area contributed by atoms with Crippen molar-refractivity contribution >= 4 is 17.5 Å². The van der Waals surface area contributed by atoms with E-state index in [9.17, 15) is 9.59 Å². The Kier molecular flexibility index (Phi) is 5.09. The summed E-state index contributed by atoms with van der Waals surface area (Å²) in [5, 5.41) is 4.51. The van der Waals surface area contributed by atoms with Crippen LogP contribution in [0.3, 0.4) is 0 Å². The highest BCUT2D eigenvalue weighted by Crippen LogP contribution is 2.70. The number of aromatic nitrogens is 1. The van der Waals surface area contributed by atoms with Gasteiger partial charge in [-0.2, -0.15) is 0 Å². The van der Waals surface area contributed by atoms with Crippen molar-refractivity contribution in [3.8, 4) is 5.69 Å². The lowest BCUT2D eigenvalue weighted by Crippen LogP contribution is -2.41. The second kappa shape index (κ2) is 7.41. The third-order valence-corrected chi connectivity index (χ3v) is 9.97. The van der Waals surface area contributed by atoms with E-state index in [2.05, 4.69) is 68.6 Å². The van der Waals surface area contributed by atoms with E-state index in [1.54, 1.807) is 0 Å². The Morgan fingerprint density at radius 1 is 0.943 bits per heavy atom. The number of Topliss-reactive ketones (excluding diaryl/α,β-unsaturated/α-hetero) is 1. The summed E-state index contributed by atoms with van der Waals surface area (Å²) in [6.07, 6.45) is 3.33. The summed E-state index contributed by atoms with van der Waals surface area (Å²) < 4.78 is 2.32. The minimum Gasteiger partial charge on any atom is -0.318 e. The smallest absolute Gasteiger partial charge is 0.318 e. The molecule has 2 fully saturated rings. The Bertz CT molecular complexity index is 1290. The van der Waals surface area contributed by atoms with E-state index in [4.69, 9.17) is 4.84 Å². The maximum Gasteiger partial charge on any atom is 0.342 e. The molecule has 0 radical (unpaired) electrons. The number of carbonyl (C=O) groups excluding carboxylic acids is 2. The summed E-state index contributed by atoms with van der Waals surface area (Å²) in [4.78, 5) is 32.1. The summed E-state index contributed by atoms with van der Waals surface area (Å²) in [5.41, 5.74) is 6.21. The van der Waals surface area contributed by atoms with Crippen molar-refractivity contribution in [1.82, 2.24) is 4.57 Å². The average molecular weight is 475 g/mol. The predicted molar refractivity (Wildman–Crippen MR) is 138 cm³/mol. The van der Waals surface area contributed by atoms with Crippen LogP contribution in [0.5, 0.6) is 0 Å². The summed E-state index contributed by atoms with van der Waals surface area (Å²) in [5.74, 6) is -0.166. The third-order valence-electron chi connectivity index (χ3n) is 9.97. The fourth-order valence-corrected chi connectivity index (χ4v) is 6.98. The minimum atomic E-state index is -0.781. The van der Waals surface area contributed by atoms with Crippen molar-refractivity contribution in [3.63, 3.8) is 0 Å². The third kappa shape index (κ3) is 3.23. The molecule has 2 bridgehead atoms. The van der Waals surface area contributed by atoms with Gasteiger partial charge < -0.3 is 9.40 Å². The normalized spacial score (nSPS) is 29.5. The summed E-state index contributed by atoms with van der Waals surface area (Å²) in [6.45, 7) is 17.0. The van der Waals surface area contributed by atoms with E-state index in [-0.39, 0.29) is 23.6 Å². The molecule has 0 aliphatic heterocycles. The summed E-state index contributed by atoms with van der Waals surface area (Å²) in [7, 11) is 0. The van der Waals surface area contributed by atoms with Crippen molar-refractivity contribution in [1.29, 1.82) is 0 Å². The van der Waals surface area contributed by atoms with Gasteiger partial charge in [-0.05, 0) is 86.6 Å². The van der Waals surface area contributed by atoms with Gasteiger partial charge >= 0.3 is 5.97 Å². The van der Waals surface area contributed by atoms with Crippen molar-refractivity contribution < 1.29 is 14.4 Å². The quantitative estimate of drug-likeness (QED) is 0.382. The number of ketones is 1. The van der Waals surface area contributed by atoms with E-state index >= 15 is 0 Å². The molecule has 1 aromatic carbocycles. The average Bonchev–Trinajstić information content (AvgIpc) is 3.25. The van der Waals surface area contributed by atoms with Crippen molar-refractivity contribution in [2.75, 3.05) is 0 Å². The van der Waals surface area contributed by atoms with Gasteiger partial charge in [0.1, 0.15) is 5.78 Å². The number of oxime groups is 1. The minimum absolute atomic E-state index is 0.0205. The standard InChI is InChI=1S/C30H38N2O3/c1-18-9-10-21(13-19(18)2)32-20(3)14-22-23(15-27(4,5)16-24(22)32)31-35-26(34)30-12-11-29(8,25(33)17-30)28(30,6)7/h9-10,13-14H,11-12,15-17H2,1-8H3/b31-23+. The lowest BCUT2D eigenvalue weighted by atomic mass is 9.65. The number of fused-ring (bicyclic) bond motifs is 3. The number of rotatable bonds is 3. The molecule has 5 nitrogen and oxygen atoms in total. The first-order valence-electron chi connectivity index (χ1n) is 12.8. The summed E-state index contributed by atoms with van der Waals surface area (Å²) in [6, 6.07) is 8.74. The Morgan fingerprint density at radius 2 is 1.66 bits per heavy atom. The molecule has 2 unspecified atom stereocenters. The van der Waals surface area contributed by atoms with Crippen LogP contribution in [-0.2, 0) is 20.8 Å². The van der Waals surface area contributed by atoms with Crippen LogP contribution in [0, 0.1) is 42.4 Å². The second-order valence-electron chi connectivity index (χ2n) is 12.8. The molecule has 2 atom stereocenters. The fraction of sp³-hybridized carbons (Fsp3) is 0.567. The highest BCUT2D eigenvalue weighted by Gasteiger charge is 2.73. The summed E-state index contributed by atoms with van der Waals surface area (Å²) >= 11 is 0. The Morgan fingerprint density at radius 3 is 2.26 bits per heavy atom. The van der Waals surface area contributed by atoms with Crippen LogP contribution in [0.15, 0.2) is 29.4 Å². The molecule has 3 aliphatic carbocycles. The zero-order valence-corrected chi connectivity index (χ0v) is 22.5. The predicted octanol–water partition coefficient (Wildman–Crippen LogP) is 6.41. The van der Waals surface area contributed by atoms with Gasteiger partial charge in [0.2, 0.25) is 0 Å². The maximum absolute atomic E-state index is 13.5. The molecule has 1 heterocycles. The van der Waals surface area contributed by atoms with E-state index in [1.807, 2.05) is 20.8 Å². The SMILES string of the molecule is Cc1ccc(-n2c(C)cc3c2CC(C)(C)C/C3=N\OC(=O)C23CCC(C)(C(=O)C2)C3(C)C)cc1C. The molecule has 2 saturated carbocycles. The van der Waals surface area contributed by atoms with Gasteiger partial charge in [0, 0.05) is 34.5 Å². The Balaban J connectivity index is 1.52. The number of nitrogens with zero attached hydrogens (tertiary/aromatic N) is 2. The maximum atomic E-state index is 13.5. The van der Waals surface area contributed by atoms with Gasteiger partial charge in [-0.15, -0.1) is 0 Å². The van der Waals surface area contributed by atoms with E-state index in [1.165, 1.54) is 16.8 Å². The largest absolute Gasteiger partial charge is 0.342 e. The van der Waals surface area contributed by atoms with Crippen molar-refractivity contribution in [3.05, 3.63) is 52.3 Å². The molecule has 0 amide bonds. The molecule has 0 spiro atoms. The Hall–Kier alpha value is -2.69. The van der Waals surface area contributed by atoms with Crippen LogP contribution in [0.1, 0.15) is 88.4 Å². The molecule has 5 rings (SSSR count). The molecule has 0 saturated heterocycles. The topological polar surface area (TPSA) is 60.7 Å². The molecule has 0 N–H and O–H groups in total. The number of aryl methyl sites for hydroxylation is 3. The van der Waals surface area contributed by atoms with Gasteiger partial charge in [0.05, 0.1) is 11.1 Å². The van der Waals surface area contributed by atoms with Crippen LogP contribution in [0.4, 0.5) is 0 Å². The lowest BCUT2D eigenvalue weighted by molar-refractivity contribution is -0.161. The zero-order chi connectivity index (χ0) is 25.6. The fourth-order valence-electron chi connectivity index (χ4n) is 6.98. The molecule has 3 aliphatic rings. The van der Waals surface area contributed by atoms with Gasteiger partial charge in [-0.1, -0.05) is 45.8 Å². The second-order valence-corrected chi connectivity index (χ2v) is 12.8. The number of hydrogen-bond donors (Lipinski definition) is 0. The number of benzene rings is 1. The number of carbonyl (C=O) groups is 2. The zero-order valence-electron chi connectivity index (χ0n) is 22.5. The first kappa shape index (κ1) is 24.0. The first-order chi connectivity index (χ1) is 16.2. The lowest BCUT2D eigenvalue weighted by Gasteiger charge is -2.37. The van der Waals surface area contributed by atoms with Gasteiger partial charge in [-0.3, -0.25) is 4.79 Å². The molecular weight excluding hydrogens is 436 g/mol. The highest BCUT2D eigenvalue weighted by atomic mass is 16.7. The van der Waals surface area contributed by atoms with Crippen molar-refractivity contribution in [2.45, 2.75) is 87.5 Å². The van der Waals surface area contributed by atoms with Gasteiger partial charge in [0.15, 0.2) is 0 Å². The molecule has 1 aromatic heterocycles. The van der Waals surface area contributed by atoms with E-state index < -0.39 is 16.2 Å². The Labute approximate surface area is 208 Å².